The zero-order chi connectivity index (χ0) is 21.5. The zero-order valence-corrected chi connectivity index (χ0v) is 17.3. The Morgan fingerprint density at radius 2 is 2.07 bits per heavy atom. The van der Waals surface area contributed by atoms with Crippen LogP contribution in [0.1, 0.15) is 43.1 Å². The minimum Gasteiger partial charge on any atom is -0.464 e. The zero-order valence-electron chi connectivity index (χ0n) is 16.5. The normalized spacial score (nSPS) is 18.5. The Hall–Kier alpha value is -3.21. The molecule has 1 saturated carbocycles. The minimum atomic E-state index is -0.969. The number of urea groups is 1. The van der Waals surface area contributed by atoms with Gasteiger partial charge in [-0.15, -0.1) is 11.3 Å². The van der Waals surface area contributed by atoms with E-state index in [1.54, 1.807) is 17.6 Å². The lowest BCUT2D eigenvalue weighted by Crippen LogP contribution is -2.48. The van der Waals surface area contributed by atoms with Crippen LogP contribution in [0.5, 0.6) is 0 Å². The molecule has 1 atom stereocenters. The Morgan fingerprint density at radius 3 is 2.77 bits per heavy atom. The highest BCUT2D eigenvalue weighted by Gasteiger charge is 2.54. The smallest absolute Gasteiger partial charge is 0.354 e. The first kappa shape index (κ1) is 20.1. The van der Waals surface area contributed by atoms with Gasteiger partial charge in [0.1, 0.15) is 17.3 Å². The minimum absolute atomic E-state index is 0.291. The van der Waals surface area contributed by atoms with E-state index in [0.29, 0.717) is 34.9 Å². The van der Waals surface area contributed by atoms with E-state index in [1.807, 2.05) is 0 Å². The average molecular weight is 431 g/mol. The summed E-state index contributed by atoms with van der Waals surface area (Å²) in [6.07, 6.45) is 4.56. The van der Waals surface area contributed by atoms with Crippen molar-refractivity contribution in [2.75, 3.05) is 12.4 Å². The molecule has 1 saturated heterocycles. The predicted molar refractivity (Wildman–Crippen MR) is 108 cm³/mol. The third kappa shape index (κ3) is 3.34. The molecular formula is C19H21N5O5S. The first-order valence-corrected chi connectivity index (χ1v) is 10.4. The SMILES string of the molecule is COC(=O)c1cc(-c2csc(NC(=O)C(C)N3C(=O)NC4(CCCC4)C3=O)n2)c[nH]1. The molecular weight excluding hydrogens is 410 g/mol. The summed E-state index contributed by atoms with van der Waals surface area (Å²) in [7, 11) is 1.29. The van der Waals surface area contributed by atoms with Crippen molar-refractivity contribution < 1.29 is 23.9 Å². The molecule has 3 heterocycles. The summed E-state index contributed by atoms with van der Waals surface area (Å²) in [5, 5.41) is 7.49. The summed E-state index contributed by atoms with van der Waals surface area (Å²) in [4.78, 5) is 57.6. The number of ether oxygens (including phenoxy) is 1. The molecule has 2 aromatic rings. The van der Waals surface area contributed by atoms with Gasteiger partial charge in [0.15, 0.2) is 5.13 Å². The molecule has 4 amide bonds. The van der Waals surface area contributed by atoms with Gasteiger partial charge in [0.25, 0.3) is 5.91 Å². The second-order valence-electron chi connectivity index (χ2n) is 7.39. The van der Waals surface area contributed by atoms with Crippen LogP contribution in [0.4, 0.5) is 9.93 Å². The van der Waals surface area contributed by atoms with Gasteiger partial charge in [-0.3, -0.25) is 9.59 Å². The van der Waals surface area contributed by atoms with E-state index in [4.69, 9.17) is 0 Å². The van der Waals surface area contributed by atoms with Crippen LogP contribution < -0.4 is 10.6 Å². The molecule has 4 rings (SSSR count). The number of hydrogen-bond donors (Lipinski definition) is 3. The van der Waals surface area contributed by atoms with Gasteiger partial charge in [-0.25, -0.2) is 19.5 Å². The van der Waals surface area contributed by atoms with Gasteiger partial charge in [0.2, 0.25) is 5.91 Å². The maximum absolute atomic E-state index is 12.8. The van der Waals surface area contributed by atoms with Crippen LogP contribution in [0.2, 0.25) is 0 Å². The van der Waals surface area contributed by atoms with Gasteiger partial charge in [0.05, 0.1) is 12.8 Å². The van der Waals surface area contributed by atoms with Crippen molar-refractivity contribution in [3.8, 4) is 11.3 Å². The number of aromatic nitrogens is 2. The van der Waals surface area contributed by atoms with Gasteiger partial charge in [0, 0.05) is 17.1 Å². The third-order valence-electron chi connectivity index (χ3n) is 5.54. The van der Waals surface area contributed by atoms with Crippen LogP contribution in [0.15, 0.2) is 17.6 Å². The number of nitrogens with zero attached hydrogens (tertiary/aromatic N) is 2. The van der Waals surface area contributed by atoms with E-state index >= 15 is 0 Å². The average Bonchev–Trinajstić information content (AvgIpc) is 3.50. The molecule has 1 unspecified atom stereocenters. The van der Waals surface area contributed by atoms with Crippen LogP contribution in [0, 0.1) is 0 Å². The lowest BCUT2D eigenvalue weighted by molar-refractivity contribution is -0.136. The second-order valence-corrected chi connectivity index (χ2v) is 8.25. The number of carbonyl (C=O) groups is 4. The predicted octanol–water partition coefficient (Wildman–Crippen LogP) is 2.12. The molecule has 2 fully saturated rings. The molecule has 1 spiro atoms. The number of carbonyl (C=O) groups excluding carboxylic acids is 4. The Morgan fingerprint density at radius 1 is 1.33 bits per heavy atom. The number of anilines is 1. The number of nitrogens with one attached hydrogen (secondary N) is 3. The van der Waals surface area contributed by atoms with E-state index in [0.717, 1.165) is 17.7 Å². The molecule has 0 aromatic carbocycles. The van der Waals surface area contributed by atoms with Crippen LogP contribution in [-0.4, -0.2) is 57.4 Å². The summed E-state index contributed by atoms with van der Waals surface area (Å²) in [6, 6.07) is 0.0960. The number of rotatable bonds is 5. The van der Waals surface area contributed by atoms with Gasteiger partial charge >= 0.3 is 12.0 Å². The van der Waals surface area contributed by atoms with E-state index in [-0.39, 0.29) is 5.91 Å². The molecule has 0 radical (unpaired) electrons. The molecule has 30 heavy (non-hydrogen) atoms. The summed E-state index contributed by atoms with van der Waals surface area (Å²) >= 11 is 1.20. The van der Waals surface area contributed by atoms with E-state index in [9.17, 15) is 19.2 Å². The van der Waals surface area contributed by atoms with Crippen LogP contribution in [0.3, 0.4) is 0 Å². The summed E-state index contributed by atoms with van der Waals surface area (Å²) < 4.78 is 4.66. The Balaban J connectivity index is 1.44. The van der Waals surface area contributed by atoms with Crippen LogP contribution >= 0.6 is 11.3 Å². The van der Waals surface area contributed by atoms with Crippen molar-refractivity contribution in [1.29, 1.82) is 0 Å². The van der Waals surface area contributed by atoms with Gasteiger partial charge < -0.3 is 20.4 Å². The standard InChI is InChI=1S/C19H21N5O5S/c1-10(24-16(27)19(23-18(24)28)5-3-4-6-19)14(25)22-17-21-13(9-30-17)11-7-12(20-8-11)15(26)29-2/h7-10,20H,3-6H2,1-2H3,(H,23,28)(H,21,22,25). The van der Waals surface area contributed by atoms with Crippen molar-refractivity contribution in [3.05, 3.63) is 23.3 Å². The number of H-pyrrole nitrogens is 1. The first-order valence-electron chi connectivity index (χ1n) is 9.54. The van der Waals surface area contributed by atoms with Crippen molar-refractivity contribution >= 4 is 40.3 Å². The monoisotopic (exact) mass is 431 g/mol. The van der Waals surface area contributed by atoms with Gasteiger partial charge in [-0.2, -0.15) is 0 Å². The van der Waals surface area contributed by atoms with Crippen LogP contribution in [0.25, 0.3) is 11.3 Å². The number of thiazole rings is 1. The number of aromatic amines is 1. The lowest BCUT2D eigenvalue weighted by Gasteiger charge is -2.23. The fourth-order valence-electron chi connectivity index (χ4n) is 3.87. The Kier molecular flexibility index (Phi) is 5.06. The quantitative estimate of drug-likeness (QED) is 0.490. The summed E-state index contributed by atoms with van der Waals surface area (Å²) in [5.41, 5.74) is 0.664. The van der Waals surface area contributed by atoms with Crippen molar-refractivity contribution in [3.63, 3.8) is 0 Å². The molecule has 0 bridgehead atoms. The number of imide groups is 1. The Bertz CT molecular complexity index is 1020. The highest BCUT2D eigenvalue weighted by molar-refractivity contribution is 7.14. The van der Waals surface area contributed by atoms with Gasteiger partial charge in [-0.05, 0) is 25.8 Å². The molecule has 158 valence electrons. The molecule has 1 aliphatic heterocycles. The second kappa shape index (κ2) is 7.56. The maximum Gasteiger partial charge on any atom is 0.354 e. The van der Waals surface area contributed by atoms with Crippen molar-refractivity contribution in [2.45, 2.75) is 44.2 Å². The number of esters is 1. The molecule has 3 N–H and O–H groups in total. The van der Waals surface area contributed by atoms with E-state index < -0.39 is 29.5 Å². The number of hydrogen-bond acceptors (Lipinski definition) is 7. The molecule has 11 heteroatoms. The summed E-state index contributed by atoms with van der Waals surface area (Å²) in [6.45, 7) is 1.52. The summed E-state index contributed by atoms with van der Waals surface area (Å²) in [5.74, 6) is -1.33. The lowest BCUT2D eigenvalue weighted by atomic mass is 9.97. The first-order chi connectivity index (χ1) is 14.3. The molecule has 2 aromatic heterocycles. The van der Waals surface area contributed by atoms with Crippen molar-refractivity contribution in [1.82, 2.24) is 20.2 Å². The van der Waals surface area contributed by atoms with E-state index in [1.165, 1.54) is 25.4 Å². The van der Waals surface area contributed by atoms with Gasteiger partial charge in [-0.1, -0.05) is 12.8 Å². The largest absolute Gasteiger partial charge is 0.464 e. The number of methoxy groups -OCH3 is 1. The highest BCUT2D eigenvalue weighted by Crippen LogP contribution is 2.36. The fraction of sp³-hybridized carbons (Fsp3) is 0.421. The maximum atomic E-state index is 12.8. The highest BCUT2D eigenvalue weighted by atomic mass is 32.1. The topological polar surface area (TPSA) is 133 Å². The molecule has 10 nitrogen and oxygen atoms in total. The van der Waals surface area contributed by atoms with E-state index in [2.05, 4.69) is 25.3 Å². The van der Waals surface area contributed by atoms with Crippen molar-refractivity contribution in [2.24, 2.45) is 0 Å². The van der Waals surface area contributed by atoms with Crippen LogP contribution in [-0.2, 0) is 14.3 Å². The molecule has 1 aliphatic carbocycles. The Labute approximate surface area is 176 Å². The molecule has 2 aliphatic rings. The fourth-order valence-corrected chi connectivity index (χ4v) is 4.59. The number of amides is 4. The third-order valence-corrected chi connectivity index (χ3v) is 6.29.